The summed E-state index contributed by atoms with van der Waals surface area (Å²) in [6.07, 6.45) is 9.25. The van der Waals surface area contributed by atoms with Crippen molar-refractivity contribution in [3.63, 3.8) is 0 Å². The van der Waals surface area contributed by atoms with Gasteiger partial charge in [0.25, 0.3) is 0 Å². The van der Waals surface area contributed by atoms with E-state index in [1.165, 1.54) is 32.1 Å². The summed E-state index contributed by atoms with van der Waals surface area (Å²) in [4.78, 5) is 4.53. The molecule has 108 valence electrons. The predicted molar refractivity (Wildman–Crippen MR) is 79.2 cm³/mol. The van der Waals surface area contributed by atoms with Crippen LogP contribution in [0.2, 0.25) is 0 Å². The van der Waals surface area contributed by atoms with Crippen LogP contribution in [0.15, 0.2) is 4.52 Å². The zero-order valence-electron chi connectivity index (χ0n) is 12.0. The van der Waals surface area contributed by atoms with Crippen molar-refractivity contribution in [1.82, 2.24) is 10.1 Å². The van der Waals surface area contributed by atoms with Gasteiger partial charge in [0.05, 0.1) is 6.04 Å². The van der Waals surface area contributed by atoms with E-state index in [4.69, 9.17) is 10.3 Å². The molecule has 2 N–H and O–H groups in total. The molecule has 1 fully saturated rings. The SMILES string of the molecule is CCC1CCC(c2noc([C@H](N)CCSC)n2)CC1. The molecule has 0 amide bonds. The first-order chi connectivity index (χ1) is 9.24. The molecule has 1 aliphatic carbocycles. The second-order valence-electron chi connectivity index (χ2n) is 5.50. The Morgan fingerprint density at radius 2 is 2.11 bits per heavy atom. The molecule has 1 aromatic heterocycles. The zero-order chi connectivity index (χ0) is 13.7. The molecule has 1 atom stereocenters. The molecule has 0 aromatic carbocycles. The standard InChI is InChI=1S/C14H25N3OS/c1-3-10-4-6-11(7-5-10)13-16-14(18-17-13)12(15)8-9-19-2/h10-12H,3-9,15H2,1-2H3/t10?,11?,12-/m1/s1. The first-order valence-electron chi connectivity index (χ1n) is 7.32. The van der Waals surface area contributed by atoms with Gasteiger partial charge in [-0.05, 0) is 50.0 Å². The predicted octanol–water partition coefficient (Wildman–Crippen LogP) is 3.51. The molecule has 1 aromatic rings. The molecule has 5 heteroatoms. The first kappa shape index (κ1) is 14.9. The molecule has 0 saturated heterocycles. The van der Waals surface area contributed by atoms with Crippen LogP contribution in [0.3, 0.4) is 0 Å². The van der Waals surface area contributed by atoms with Gasteiger partial charge in [-0.1, -0.05) is 18.5 Å². The number of aromatic nitrogens is 2. The first-order valence-corrected chi connectivity index (χ1v) is 8.72. The molecule has 1 saturated carbocycles. The highest BCUT2D eigenvalue weighted by Gasteiger charge is 2.26. The normalized spacial score (nSPS) is 25.4. The summed E-state index contributed by atoms with van der Waals surface area (Å²) < 4.78 is 5.33. The van der Waals surface area contributed by atoms with Gasteiger partial charge in [0.1, 0.15) is 0 Å². The van der Waals surface area contributed by atoms with Crippen molar-refractivity contribution in [2.45, 2.75) is 57.4 Å². The number of hydrogen-bond donors (Lipinski definition) is 1. The second kappa shape index (κ2) is 7.29. The fourth-order valence-electron chi connectivity index (χ4n) is 2.76. The lowest BCUT2D eigenvalue weighted by molar-refractivity contribution is 0.301. The fraction of sp³-hybridized carbons (Fsp3) is 0.857. The van der Waals surface area contributed by atoms with Crippen molar-refractivity contribution < 1.29 is 4.52 Å². The number of rotatable bonds is 6. The summed E-state index contributed by atoms with van der Waals surface area (Å²) >= 11 is 1.79. The molecule has 0 unspecified atom stereocenters. The van der Waals surface area contributed by atoms with E-state index in [1.807, 2.05) is 0 Å². The van der Waals surface area contributed by atoms with E-state index in [0.29, 0.717) is 11.8 Å². The lowest BCUT2D eigenvalue weighted by atomic mass is 9.80. The van der Waals surface area contributed by atoms with Crippen LogP contribution in [0.1, 0.15) is 69.1 Å². The van der Waals surface area contributed by atoms with E-state index in [2.05, 4.69) is 23.3 Å². The molecule has 1 heterocycles. The maximum Gasteiger partial charge on any atom is 0.243 e. The topological polar surface area (TPSA) is 64.9 Å². The van der Waals surface area contributed by atoms with Gasteiger partial charge in [-0.25, -0.2) is 0 Å². The Labute approximate surface area is 119 Å². The van der Waals surface area contributed by atoms with Crippen molar-refractivity contribution in [3.05, 3.63) is 11.7 Å². The summed E-state index contributed by atoms with van der Waals surface area (Å²) in [5, 5.41) is 4.15. The molecule has 4 nitrogen and oxygen atoms in total. The third-order valence-electron chi connectivity index (χ3n) is 4.20. The third kappa shape index (κ3) is 3.96. The summed E-state index contributed by atoms with van der Waals surface area (Å²) in [6.45, 7) is 2.28. The lowest BCUT2D eigenvalue weighted by Crippen LogP contribution is -2.14. The number of thioether (sulfide) groups is 1. The maximum atomic E-state index is 6.06. The van der Waals surface area contributed by atoms with Gasteiger partial charge in [0, 0.05) is 5.92 Å². The molecule has 0 spiro atoms. The Hall–Kier alpha value is -0.550. The Bertz CT molecular complexity index is 375. The van der Waals surface area contributed by atoms with Gasteiger partial charge in [0.2, 0.25) is 5.89 Å². The van der Waals surface area contributed by atoms with Gasteiger partial charge in [0.15, 0.2) is 5.82 Å². The van der Waals surface area contributed by atoms with E-state index in [9.17, 15) is 0 Å². The van der Waals surface area contributed by atoms with Crippen LogP contribution in [-0.4, -0.2) is 22.1 Å². The molecular weight excluding hydrogens is 258 g/mol. The van der Waals surface area contributed by atoms with E-state index in [0.717, 1.165) is 23.9 Å². The minimum atomic E-state index is -0.110. The van der Waals surface area contributed by atoms with Crippen molar-refractivity contribution in [1.29, 1.82) is 0 Å². The largest absolute Gasteiger partial charge is 0.338 e. The Balaban J connectivity index is 1.90. The molecule has 0 aliphatic heterocycles. The van der Waals surface area contributed by atoms with Crippen LogP contribution in [-0.2, 0) is 0 Å². The lowest BCUT2D eigenvalue weighted by Gasteiger charge is -2.25. The van der Waals surface area contributed by atoms with Crippen LogP contribution in [0.4, 0.5) is 0 Å². The second-order valence-corrected chi connectivity index (χ2v) is 6.49. The Morgan fingerprint density at radius 1 is 1.37 bits per heavy atom. The summed E-state index contributed by atoms with van der Waals surface area (Å²) in [7, 11) is 0. The Kier molecular flexibility index (Phi) is 5.70. The Morgan fingerprint density at radius 3 is 2.74 bits per heavy atom. The summed E-state index contributed by atoms with van der Waals surface area (Å²) in [5.41, 5.74) is 6.06. The molecule has 0 bridgehead atoms. The van der Waals surface area contributed by atoms with E-state index in [-0.39, 0.29) is 6.04 Å². The van der Waals surface area contributed by atoms with Crippen LogP contribution >= 0.6 is 11.8 Å². The number of nitrogens with zero attached hydrogens (tertiary/aromatic N) is 2. The van der Waals surface area contributed by atoms with Crippen molar-refractivity contribution in [2.75, 3.05) is 12.0 Å². The monoisotopic (exact) mass is 283 g/mol. The van der Waals surface area contributed by atoms with Gasteiger partial charge < -0.3 is 10.3 Å². The van der Waals surface area contributed by atoms with E-state index in [1.54, 1.807) is 11.8 Å². The van der Waals surface area contributed by atoms with E-state index >= 15 is 0 Å². The molecule has 19 heavy (non-hydrogen) atoms. The maximum absolute atomic E-state index is 6.06. The molecular formula is C14H25N3OS. The summed E-state index contributed by atoms with van der Waals surface area (Å²) in [5.74, 6) is 3.89. The van der Waals surface area contributed by atoms with Crippen LogP contribution in [0, 0.1) is 5.92 Å². The minimum Gasteiger partial charge on any atom is -0.338 e. The smallest absolute Gasteiger partial charge is 0.243 e. The highest BCUT2D eigenvalue weighted by atomic mass is 32.2. The average Bonchev–Trinajstić information content (AvgIpc) is 2.94. The van der Waals surface area contributed by atoms with Crippen LogP contribution in [0.25, 0.3) is 0 Å². The van der Waals surface area contributed by atoms with Crippen LogP contribution in [0.5, 0.6) is 0 Å². The summed E-state index contributed by atoms with van der Waals surface area (Å²) in [6, 6.07) is -0.110. The quantitative estimate of drug-likeness (QED) is 0.865. The highest BCUT2D eigenvalue weighted by Crippen LogP contribution is 2.35. The van der Waals surface area contributed by atoms with Gasteiger partial charge >= 0.3 is 0 Å². The van der Waals surface area contributed by atoms with Gasteiger partial charge in [-0.2, -0.15) is 16.7 Å². The number of nitrogens with two attached hydrogens (primary N) is 1. The van der Waals surface area contributed by atoms with Crippen LogP contribution < -0.4 is 5.73 Å². The zero-order valence-corrected chi connectivity index (χ0v) is 12.8. The number of hydrogen-bond acceptors (Lipinski definition) is 5. The fourth-order valence-corrected chi connectivity index (χ4v) is 3.25. The van der Waals surface area contributed by atoms with E-state index < -0.39 is 0 Å². The molecule has 1 aliphatic rings. The van der Waals surface area contributed by atoms with Crippen molar-refractivity contribution in [2.24, 2.45) is 11.7 Å². The van der Waals surface area contributed by atoms with Crippen molar-refractivity contribution in [3.8, 4) is 0 Å². The van der Waals surface area contributed by atoms with Gasteiger partial charge in [-0.15, -0.1) is 0 Å². The average molecular weight is 283 g/mol. The van der Waals surface area contributed by atoms with Gasteiger partial charge in [-0.3, -0.25) is 0 Å². The molecule has 2 rings (SSSR count). The minimum absolute atomic E-state index is 0.110. The van der Waals surface area contributed by atoms with Crippen molar-refractivity contribution >= 4 is 11.8 Å². The highest BCUT2D eigenvalue weighted by molar-refractivity contribution is 7.98. The third-order valence-corrected chi connectivity index (χ3v) is 4.84. The molecule has 0 radical (unpaired) electrons.